The van der Waals surface area contributed by atoms with Gasteiger partial charge in [0, 0.05) is 28.9 Å². The van der Waals surface area contributed by atoms with Crippen molar-refractivity contribution in [1.29, 1.82) is 0 Å². The lowest BCUT2D eigenvalue weighted by Gasteiger charge is -2.29. The molecule has 1 fully saturated rings. The van der Waals surface area contributed by atoms with Crippen LogP contribution in [0.1, 0.15) is 46.5 Å². The van der Waals surface area contributed by atoms with Gasteiger partial charge in [0.15, 0.2) is 5.78 Å². The lowest BCUT2D eigenvalue weighted by molar-refractivity contribution is -0.121. The van der Waals surface area contributed by atoms with Crippen molar-refractivity contribution in [1.82, 2.24) is 9.78 Å². The summed E-state index contributed by atoms with van der Waals surface area (Å²) in [5, 5.41) is 6.72. The number of aryl methyl sites for hydroxylation is 1. The molecular formula is C19H21BrN4O3. The van der Waals surface area contributed by atoms with Crippen molar-refractivity contribution in [2.24, 2.45) is 24.6 Å². The molecule has 8 heteroatoms. The van der Waals surface area contributed by atoms with Crippen LogP contribution in [0.15, 0.2) is 34.9 Å². The van der Waals surface area contributed by atoms with Gasteiger partial charge in [-0.25, -0.2) is 0 Å². The van der Waals surface area contributed by atoms with Crippen LogP contribution >= 0.6 is 15.9 Å². The molecule has 1 aromatic carbocycles. The van der Waals surface area contributed by atoms with Crippen molar-refractivity contribution in [2.45, 2.75) is 25.7 Å². The van der Waals surface area contributed by atoms with Crippen LogP contribution in [0.2, 0.25) is 0 Å². The van der Waals surface area contributed by atoms with E-state index < -0.39 is 11.8 Å². The fourth-order valence-electron chi connectivity index (χ4n) is 3.63. The number of anilines is 1. The van der Waals surface area contributed by atoms with Gasteiger partial charge in [0.2, 0.25) is 5.91 Å². The molecule has 2 aromatic rings. The van der Waals surface area contributed by atoms with Crippen LogP contribution in [0.25, 0.3) is 0 Å². The molecule has 0 saturated heterocycles. The fraction of sp³-hybridized carbons (Fsp3) is 0.368. The highest BCUT2D eigenvalue weighted by molar-refractivity contribution is 9.10. The Labute approximate surface area is 165 Å². The normalized spacial score (nSPS) is 19.5. The molecule has 0 spiro atoms. The average molecular weight is 433 g/mol. The van der Waals surface area contributed by atoms with Crippen LogP contribution in [-0.2, 0) is 11.8 Å². The predicted octanol–water partition coefficient (Wildman–Crippen LogP) is 2.91. The summed E-state index contributed by atoms with van der Waals surface area (Å²) >= 11 is 3.36. The minimum absolute atomic E-state index is 0.0244. The molecule has 1 heterocycles. The molecule has 1 aromatic heterocycles. The second-order valence-corrected chi connectivity index (χ2v) is 7.67. The summed E-state index contributed by atoms with van der Waals surface area (Å²) in [5.41, 5.74) is 6.38. The fourth-order valence-corrected chi connectivity index (χ4v) is 3.90. The molecule has 0 unspecified atom stereocenters. The second-order valence-electron chi connectivity index (χ2n) is 6.75. The van der Waals surface area contributed by atoms with Gasteiger partial charge in [0.25, 0.3) is 5.91 Å². The van der Waals surface area contributed by atoms with Crippen LogP contribution in [0.4, 0.5) is 5.69 Å². The summed E-state index contributed by atoms with van der Waals surface area (Å²) < 4.78 is 2.22. The number of Topliss-reactive ketones (excluding diaryl/α,β-unsaturated/α-hetero) is 1. The number of ketones is 1. The third-order valence-electron chi connectivity index (χ3n) is 5.00. The summed E-state index contributed by atoms with van der Waals surface area (Å²) in [7, 11) is 1.58. The van der Waals surface area contributed by atoms with E-state index in [0.29, 0.717) is 18.4 Å². The highest BCUT2D eigenvalue weighted by atomic mass is 79.9. The highest BCUT2D eigenvalue weighted by Crippen LogP contribution is 2.34. The van der Waals surface area contributed by atoms with E-state index in [1.54, 1.807) is 19.2 Å². The number of carbonyl (C=O) groups excluding carboxylic acids is 3. The van der Waals surface area contributed by atoms with Crippen molar-refractivity contribution in [3.05, 3.63) is 46.2 Å². The quantitative estimate of drug-likeness (QED) is 0.707. The number of nitrogens with zero attached hydrogens (tertiary/aromatic N) is 2. The number of hydrogen-bond acceptors (Lipinski definition) is 4. The molecule has 2 atom stereocenters. The Morgan fingerprint density at radius 3 is 2.41 bits per heavy atom. The predicted molar refractivity (Wildman–Crippen MR) is 104 cm³/mol. The van der Waals surface area contributed by atoms with E-state index in [4.69, 9.17) is 5.73 Å². The maximum Gasteiger partial charge on any atom is 0.269 e. The Morgan fingerprint density at radius 1 is 1.15 bits per heavy atom. The Morgan fingerprint density at radius 2 is 1.78 bits per heavy atom. The van der Waals surface area contributed by atoms with Crippen molar-refractivity contribution in [2.75, 3.05) is 5.32 Å². The van der Waals surface area contributed by atoms with E-state index in [-0.39, 0.29) is 29.0 Å². The number of benzene rings is 1. The number of rotatable bonds is 5. The van der Waals surface area contributed by atoms with Crippen molar-refractivity contribution in [3.8, 4) is 0 Å². The third-order valence-corrected chi connectivity index (χ3v) is 5.53. The first-order valence-corrected chi connectivity index (χ1v) is 9.60. The van der Waals surface area contributed by atoms with Crippen molar-refractivity contribution >= 4 is 39.2 Å². The molecule has 7 nitrogen and oxygen atoms in total. The molecule has 2 amide bonds. The zero-order valence-electron chi connectivity index (χ0n) is 14.9. The van der Waals surface area contributed by atoms with E-state index in [1.165, 1.54) is 10.9 Å². The average Bonchev–Trinajstić information content (AvgIpc) is 3.02. The van der Waals surface area contributed by atoms with Crippen LogP contribution in [0.3, 0.4) is 0 Å². The maximum absolute atomic E-state index is 13.0. The number of amides is 2. The molecule has 1 aliphatic rings. The Kier molecular flexibility index (Phi) is 5.74. The van der Waals surface area contributed by atoms with Gasteiger partial charge in [-0.05, 0) is 25.0 Å². The largest absolute Gasteiger partial charge is 0.364 e. The van der Waals surface area contributed by atoms with Gasteiger partial charge >= 0.3 is 0 Å². The van der Waals surface area contributed by atoms with Gasteiger partial charge in [-0.2, -0.15) is 5.10 Å². The zero-order valence-corrected chi connectivity index (χ0v) is 16.5. The number of carbonyl (C=O) groups is 3. The monoisotopic (exact) mass is 432 g/mol. The summed E-state index contributed by atoms with van der Waals surface area (Å²) in [4.78, 5) is 37.5. The molecule has 0 aliphatic heterocycles. The number of primary amides is 1. The highest BCUT2D eigenvalue weighted by Gasteiger charge is 2.36. The van der Waals surface area contributed by atoms with E-state index in [2.05, 4.69) is 26.3 Å². The first-order chi connectivity index (χ1) is 12.9. The van der Waals surface area contributed by atoms with Crippen LogP contribution < -0.4 is 11.1 Å². The number of aromatic nitrogens is 2. The summed E-state index contributed by atoms with van der Waals surface area (Å²) in [5.74, 6) is -1.80. The van der Waals surface area contributed by atoms with Crippen LogP contribution in [0, 0.1) is 11.8 Å². The van der Waals surface area contributed by atoms with Gasteiger partial charge in [-0.15, -0.1) is 0 Å². The molecule has 3 N–H and O–H groups in total. The molecule has 3 rings (SSSR count). The molecule has 27 heavy (non-hydrogen) atoms. The van der Waals surface area contributed by atoms with Gasteiger partial charge in [0.05, 0.1) is 11.9 Å². The second kappa shape index (κ2) is 8.04. The molecule has 142 valence electrons. The summed E-state index contributed by atoms with van der Waals surface area (Å²) in [6, 6.07) is 7.17. The summed E-state index contributed by atoms with van der Waals surface area (Å²) in [6.07, 6.45) is 4.49. The van der Waals surface area contributed by atoms with Crippen LogP contribution in [0.5, 0.6) is 0 Å². The minimum atomic E-state index is -0.670. The zero-order chi connectivity index (χ0) is 19.6. The Balaban J connectivity index is 1.81. The van der Waals surface area contributed by atoms with Crippen molar-refractivity contribution in [3.63, 3.8) is 0 Å². The SMILES string of the molecule is Cn1ncc(NC(=O)[C@@H]2CCCC[C@H]2C(=O)c2ccc(Br)cc2)c1C(N)=O. The van der Waals surface area contributed by atoms with Gasteiger partial charge < -0.3 is 11.1 Å². The van der Waals surface area contributed by atoms with E-state index in [9.17, 15) is 14.4 Å². The lowest BCUT2D eigenvalue weighted by Crippen LogP contribution is -2.36. The van der Waals surface area contributed by atoms with E-state index in [0.717, 1.165) is 17.3 Å². The number of halogens is 1. The molecular weight excluding hydrogens is 412 g/mol. The lowest BCUT2D eigenvalue weighted by atomic mass is 9.75. The Hall–Kier alpha value is -2.48. The number of nitrogens with one attached hydrogen (secondary N) is 1. The number of nitrogens with two attached hydrogens (primary N) is 1. The van der Waals surface area contributed by atoms with Gasteiger partial charge in [-0.1, -0.05) is 40.9 Å². The smallest absolute Gasteiger partial charge is 0.269 e. The van der Waals surface area contributed by atoms with Gasteiger partial charge in [-0.3, -0.25) is 19.1 Å². The maximum atomic E-state index is 13.0. The minimum Gasteiger partial charge on any atom is -0.364 e. The first-order valence-electron chi connectivity index (χ1n) is 8.81. The third kappa shape index (κ3) is 4.10. The van der Waals surface area contributed by atoms with Crippen molar-refractivity contribution < 1.29 is 14.4 Å². The Bertz CT molecular complexity index is 876. The molecule has 1 saturated carbocycles. The topological polar surface area (TPSA) is 107 Å². The van der Waals surface area contributed by atoms with Gasteiger partial charge in [0.1, 0.15) is 5.69 Å². The van der Waals surface area contributed by atoms with E-state index >= 15 is 0 Å². The molecule has 1 aliphatic carbocycles. The summed E-state index contributed by atoms with van der Waals surface area (Å²) in [6.45, 7) is 0. The molecule has 0 radical (unpaired) electrons. The first kappa shape index (κ1) is 19.3. The van der Waals surface area contributed by atoms with E-state index in [1.807, 2.05) is 12.1 Å². The standard InChI is InChI=1S/C19H21BrN4O3/c1-24-16(18(21)26)15(10-22-24)23-19(27)14-5-3-2-4-13(14)17(25)11-6-8-12(20)9-7-11/h6-10,13-14H,2-5H2,1H3,(H2,21,26)(H,23,27)/t13-,14-/m1/s1. The van der Waals surface area contributed by atoms with Crippen LogP contribution in [-0.4, -0.2) is 27.4 Å². The molecule has 0 bridgehead atoms. The number of hydrogen-bond donors (Lipinski definition) is 2.